The highest BCUT2D eigenvalue weighted by Crippen LogP contribution is 2.36. The standard InChI is InChI=1S/C12H20O4S/c13-12(14)11(7-9-3-1-2-4-9)10-5-6-17(15,16)8-10/h9-11H,1-8H2,(H,13,14). The fraction of sp³-hybridized carbons (Fsp3) is 0.917. The van der Waals surface area contributed by atoms with E-state index in [2.05, 4.69) is 0 Å². The molecule has 0 spiro atoms. The molecule has 1 N–H and O–H groups in total. The maximum absolute atomic E-state index is 11.4. The summed E-state index contributed by atoms with van der Waals surface area (Å²) in [7, 11) is -2.97. The molecule has 1 aliphatic carbocycles. The monoisotopic (exact) mass is 260 g/mol. The van der Waals surface area contributed by atoms with Gasteiger partial charge in [0.1, 0.15) is 0 Å². The number of carboxylic acids is 1. The predicted molar refractivity (Wildman–Crippen MR) is 64.5 cm³/mol. The van der Waals surface area contributed by atoms with Crippen LogP contribution in [0.1, 0.15) is 38.5 Å². The van der Waals surface area contributed by atoms with Crippen LogP contribution in [0.25, 0.3) is 0 Å². The van der Waals surface area contributed by atoms with Crippen LogP contribution in [-0.4, -0.2) is 31.0 Å². The van der Waals surface area contributed by atoms with Gasteiger partial charge in [-0.15, -0.1) is 0 Å². The Labute approximate surface area is 102 Å². The van der Waals surface area contributed by atoms with Gasteiger partial charge in [-0.3, -0.25) is 4.79 Å². The van der Waals surface area contributed by atoms with Gasteiger partial charge >= 0.3 is 5.97 Å². The van der Waals surface area contributed by atoms with E-state index in [0.717, 1.165) is 12.8 Å². The Balaban J connectivity index is 1.99. The lowest BCUT2D eigenvalue weighted by molar-refractivity contribution is -0.144. The molecule has 17 heavy (non-hydrogen) atoms. The molecule has 2 unspecified atom stereocenters. The molecule has 2 aliphatic rings. The fourth-order valence-electron chi connectivity index (χ4n) is 3.24. The van der Waals surface area contributed by atoms with Crippen LogP contribution in [0, 0.1) is 17.8 Å². The lowest BCUT2D eigenvalue weighted by atomic mass is 9.83. The predicted octanol–water partition coefficient (Wildman–Crippen LogP) is 1.70. The lowest BCUT2D eigenvalue weighted by Gasteiger charge is -2.21. The van der Waals surface area contributed by atoms with Crippen LogP contribution in [-0.2, 0) is 14.6 Å². The SMILES string of the molecule is O=C(O)C(CC1CCCC1)C1CCS(=O)(=O)C1. The summed E-state index contributed by atoms with van der Waals surface area (Å²) in [6.07, 6.45) is 5.83. The van der Waals surface area contributed by atoms with Gasteiger partial charge in [0.25, 0.3) is 0 Å². The second-order valence-electron chi connectivity index (χ2n) is 5.49. The summed E-state index contributed by atoms with van der Waals surface area (Å²) >= 11 is 0. The second-order valence-corrected chi connectivity index (χ2v) is 7.72. The smallest absolute Gasteiger partial charge is 0.306 e. The molecular formula is C12H20O4S. The summed E-state index contributed by atoms with van der Waals surface area (Å²) in [5.74, 6) is -0.658. The van der Waals surface area contributed by atoms with Crippen molar-refractivity contribution in [3.63, 3.8) is 0 Å². The quantitative estimate of drug-likeness (QED) is 0.835. The first-order chi connectivity index (χ1) is 7.98. The van der Waals surface area contributed by atoms with E-state index in [9.17, 15) is 18.3 Å². The Kier molecular flexibility index (Phi) is 3.76. The minimum Gasteiger partial charge on any atom is -0.481 e. The maximum atomic E-state index is 11.4. The molecule has 2 rings (SSSR count). The minimum atomic E-state index is -2.97. The molecule has 2 atom stereocenters. The molecule has 0 radical (unpaired) electrons. The third-order valence-corrected chi connectivity index (χ3v) is 6.01. The molecule has 0 aromatic carbocycles. The van der Waals surface area contributed by atoms with E-state index in [4.69, 9.17) is 0 Å². The highest BCUT2D eigenvalue weighted by Gasteiger charge is 2.38. The summed E-state index contributed by atoms with van der Waals surface area (Å²) in [6, 6.07) is 0. The number of carbonyl (C=O) groups is 1. The van der Waals surface area contributed by atoms with Crippen LogP contribution in [0.4, 0.5) is 0 Å². The van der Waals surface area contributed by atoms with Gasteiger partial charge in [-0.1, -0.05) is 25.7 Å². The summed E-state index contributed by atoms with van der Waals surface area (Å²) in [5, 5.41) is 9.27. The lowest BCUT2D eigenvalue weighted by Crippen LogP contribution is -2.26. The zero-order chi connectivity index (χ0) is 12.5. The molecular weight excluding hydrogens is 240 g/mol. The van der Waals surface area contributed by atoms with Crippen molar-refractivity contribution < 1.29 is 18.3 Å². The molecule has 1 aliphatic heterocycles. The number of hydrogen-bond donors (Lipinski definition) is 1. The number of aliphatic carboxylic acids is 1. The minimum absolute atomic E-state index is 0.0800. The van der Waals surface area contributed by atoms with Gasteiger partial charge in [0, 0.05) is 0 Å². The Morgan fingerprint density at radius 2 is 1.88 bits per heavy atom. The molecule has 1 saturated carbocycles. The zero-order valence-electron chi connectivity index (χ0n) is 9.97. The Hall–Kier alpha value is -0.580. The van der Waals surface area contributed by atoms with Crippen molar-refractivity contribution in [2.24, 2.45) is 17.8 Å². The first kappa shape index (κ1) is 12.9. The number of carboxylic acid groups (broad SMARTS) is 1. The largest absolute Gasteiger partial charge is 0.481 e. The van der Waals surface area contributed by atoms with E-state index in [-0.39, 0.29) is 17.4 Å². The fourth-order valence-corrected chi connectivity index (χ4v) is 5.12. The van der Waals surface area contributed by atoms with Crippen LogP contribution in [0.3, 0.4) is 0 Å². The van der Waals surface area contributed by atoms with Crippen LogP contribution in [0.2, 0.25) is 0 Å². The summed E-state index contributed by atoms with van der Waals surface area (Å²) in [5.41, 5.74) is 0. The summed E-state index contributed by atoms with van der Waals surface area (Å²) in [6.45, 7) is 0. The average Bonchev–Trinajstić information content (AvgIpc) is 2.83. The highest BCUT2D eigenvalue weighted by atomic mass is 32.2. The normalized spacial score (nSPS) is 30.5. The van der Waals surface area contributed by atoms with Crippen molar-refractivity contribution in [3.8, 4) is 0 Å². The van der Waals surface area contributed by atoms with Crippen LogP contribution in [0.5, 0.6) is 0 Å². The molecule has 1 heterocycles. The van der Waals surface area contributed by atoms with E-state index in [1.165, 1.54) is 12.8 Å². The van der Waals surface area contributed by atoms with Gasteiger partial charge in [0.2, 0.25) is 0 Å². The summed E-state index contributed by atoms with van der Waals surface area (Å²) in [4.78, 5) is 11.3. The molecule has 98 valence electrons. The molecule has 0 aromatic rings. The molecule has 5 heteroatoms. The molecule has 2 fully saturated rings. The van der Waals surface area contributed by atoms with E-state index in [1.807, 2.05) is 0 Å². The summed E-state index contributed by atoms with van der Waals surface area (Å²) < 4.78 is 22.8. The molecule has 0 bridgehead atoms. The average molecular weight is 260 g/mol. The molecule has 0 amide bonds. The van der Waals surface area contributed by atoms with Crippen molar-refractivity contribution in [1.29, 1.82) is 0 Å². The molecule has 4 nitrogen and oxygen atoms in total. The van der Waals surface area contributed by atoms with Crippen molar-refractivity contribution in [1.82, 2.24) is 0 Å². The van der Waals surface area contributed by atoms with Gasteiger partial charge in [0.05, 0.1) is 17.4 Å². The van der Waals surface area contributed by atoms with Gasteiger partial charge in [0.15, 0.2) is 9.84 Å². The van der Waals surface area contributed by atoms with E-state index < -0.39 is 21.7 Å². The van der Waals surface area contributed by atoms with Crippen LogP contribution < -0.4 is 0 Å². The van der Waals surface area contributed by atoms with Gasteiger partial charge in [-0.05, 0) is 24.7 Å². The van der Waals surface area contributed by atoms with Gasteiger partial charge in [-0.25, -0.2) is 8.42 Å². The second kappa shape index (κ2) is 4.96. The number of rotatable bonds is 4. The Bertz CT molecular complexity index is 381. The van der Waals surface area contributed by atoms with Crippen molar-refractivity contribution >= 4 is 15.8 Å². The Morgan fingerprint density at radius 1 is 1.24 bits per heavy atom. The van der Waals surface area contributed by atoms with Crippen molar-refractivity contribution in [2.75, 3.05) is 11.5 Å². The van der Waals surface area contributed by atoms with Crippen molar-refractivity contribution in [3.05, 3.63) is 0 Å². The number of sulfone groups is 1. The van der Waals surface area contributed by atoms with E-state index in [1.54, 1.807) is 0 Å². The topological polar surface area (TPSA) is 71.4 Å². The molecule has 1 saturated heterocycles. The van der Waals surface area contributed by atoms with Gasteiger partial charge < -0.3 is 5.11 Å². The third kappa shape index (κ3) is 3.21. The number of hydrogen-bond acceptors (Lipinski definition) is 3. The molecule has 0 aromatic heterocycles. The maximum Gasteiger partial charge on any atom is 0.306 e. The van der Waals surface area contributed by atoms with Gasteiger partial charge in [-0.2, -0.15) is 0 Å². The highest BCUT2D eigenvalue weighted by molar-refractivity contribution is 7.91. The zero-order valence-corrected chi connectivity index (χ0v) is 10.8. The van der Waals surface area contributed by atoms with Crippen molar-refractivity contribution in [2.45, 2.75) is 38.5 Å². The van der Waals surface area contributed by atoms with E-state index in [0.29, 0.717) is 18.8 Å². The first-order valence-corrected chi connectivity index (χ1v) is 8.23. The first-order valence-electron chi connectivity index (χ1n) is 6.41. The third-order valence-electron chi connectivity index (χ3n) is 4.22. The van der Waals surface area contributed by atoms with E-state index >= 15 is 0 Å². The van der Waals surface area contributed by atoms with Crippen LogP contribution >= 0.6 is 0 Å². The Morgan fingerprint density at radius 3 is 2.35 bits per heavy atom. The van der Waals surface area contributed by atoms with Crippen LogP contribution in [0.15, 0.2) is 0 Å².